The van der Waals surface area contributed by atoms with Gasteiger partial charge in [0.2, 0.25) is 11.6 Å². The minimum absolute atomic E-state index is 0.0209. The van der Waals surface area contributed by atoms with E-state index in [1.807, 2.05) is 0 Å². The van der Waals surface area contributed by atoms with Crippen LogP contribution in [0.4, 0.5) is 5.69 Å². The Morgan fingerprint density at radius 1 is 1.29 bits per heavy atom. The Balaban J connectivity index is 3.41. The maximum atomic E-state index is 11.6. The molecule has 0 aliphatic rings. The first kappa shape index (κ1) is 12.4. The van der Waals surface area contributed by atoms with Crippen LogP contribution in [0.25, 0.3) is 0 Å². The van der Waals surface area contributed by atoms with Crippen molar-refractivity contribution < 1.29 is 9.59 Å². The molecule has 0 bridgehead atoms. The highest BCUT2D eigenvalue weighted by Gasteiger charge is 2.20. The predicted octanol–water partition coefficient (Wildman–Crippen LogP) is 1.17. The van der Waals surface area contributed by atoms with Crippen LogP contribution in [-0.4, -0.2) is 11.6 Å². The van der Waals surface area contributed by atoms with Crippen LogP contribution >= 0.6 is 0 Å². The molecule has 0 heterocycles. The molecule has 1 aromatic rings. The predicted molar refractivity (Wildman–Crippen MR) is 59.9 cm³/mol. The van der Waals surface area contributed by atoms with Crippen LogP contribution in [0.5, 0.6) is 0 Å². The number of carbonyl (C=O) groups is 2. The Bertz CT molecular complexity index is 577. The number of nitrogens with zero attached hydrogens (tertiary/aromatic N) is 2. The summed E-state index contributed by atoms with van der Waals surface area (Å²) in [7, 11) is 0. The lowest BCUT2D eigenvalue weighted by molar-refractivity contribution is -0.114. The fourth-order valence-electron chi connectivity index (χ4n) is 1.34. The molecule has 5 heteroatoms. The van der Waals surface area contributed by atoms with E-state index in [9.17, 15) is 9.59 Å². The van der Waals surface area contributed by atoms with Crippen molar-refractivity contribution in [3.63, 3.8) is 0 Å². The second-order valence-corrected chi connectivity index (χ2v) is 3.28. The average Bonchev–Trinajstić information content (AvgIpc) is 2.36. The van der Waals surface area contributed by atoms with Crippen molar-refractivity contribution in [1.82, 2.24) is 0 Å². The SMILES string of the molecule is CCC(=O)C(=O)c1ccc(C#N)c(C#N)c1N. The van der Waals surface area contributed by atoms with Crippen LogP contribution in [0, 0.1) is 22.7 Å². The Labute approximate surface area is 98.1 Å². The summed E-state index contributed by atoms with van der Waals surface area (Å²) in [4.78, 5) is 22.9. The van der Waals surface area contributed by atoms with Gasteiger partial charge in [0.1, 0.15) is 12.1 Å². The summed E-state index contributed by atoms with van der Waals surface area (Å²) in [6.07, 6.45) is 0.0696. The Hall–Kier alpha value is -2.66. The van der Waals surface area contributed by atoms with E-state index in [-0.39, 0.29) is 28.8 Å². The van der Waals surface area contributed by atoms with E-state index in [0.717, 1.165) is 0 Å². The molecule has 1 aromatic carbocycles. The van der Waals surface area contributed by atoms with E-state index in [2.05, 4.69) is 0 Å². The van der Waals surface area contributed by atoms with Crippen molar-refractivity contribution in [3.8, 4) is 12.1 Å². The molecule has 0 aliphatic heterocycles. The van der Waals surface area contributed by atoms with Crippen molar-refractivity contribution in [2.24, 2.45) is 0 Å². The molecule has 17 heavy (non-hydrogen) atoms. The number of anilines is 1. The van der Waals surface area contributed by atoms with Gasteiger partial charge in [-0.2, -0.15) is 10.5 Å². The zero-order valence-electron chi connectivity index (χ0n) is 9.15. The number of rotatable bonds is 3. The van der Waals surface area contributed by atoms with Gasteiger partial charge in [-0.3, -0.25) is 9.59 Å². The summed E-state index contributed by atoms with van der Waals surface area (Å²) < 4.78 is 0. The summed E-state index contributed by atoms with van der Waals surface area (Å²) in [5.74, 6) is -1.31. The van der Waals surface area contributed by atoms with Crippen LogP contribution < -0.4 is 5.73 Å². The fourth-order valence-corrected chi connectivity index (χ4v) is 1.34. The molecular weight excluding hydrogens is 218 g/mol. The lowest BCUT2D eigenvalue weighted by Crippen LogP contribution is -2.15. The van der Waals surface area contributed by atoms with Crippen LogP contribution in [0.2, 0.25) is 0 Å². The van der Waals surface area contributed by atoms with Gasteiger partial charge in [0, 0.05) is 6.42 Å². The second-order valence-electron chi connectivity index (χ2n) is 3.28. The first-order chi connectivity index (χ1) is 8.06. The van der Waals surface area contributed by atoms with Gasteiger partial charge in [0.25, 0.3) is 0 Å². The highest BCUT2D eigenvalue weighted by molar-refractivity contribution is 6.44. The smallest absolute Gasteiger partial charge is 0.230 e. The summed E-state index contributed by atoms with van der Waals surface area (Å²) in [5, 5.41) is 17.6. The number of hydrogen-bond donors (Lipinski definition) is 1. The normalized spacial score (nSPS) is 9.12. The standard InChI is InChI=1S/C12H9N3O2/c1-2-10(16)12(17)8-4-3-7(5-13)9(6-14)11(8)15/h3-4H,2,15H2,1H3. The van der Waals surface area contributed by atoms with Crippen molar-refractivity contribution >= 4 is 17.3 Å². The van der Waals surface area contributed by atoms with E-state index < -0.39 is 11.6 Å². The van der Waals surface area contributed by atoms with Crippen LogP contribution in [-0.2, 0) is 4.79 Å². The molecule has 2 N–H and O–H groups in total. The second kappa shape index (κ2) is 4.91. The summed E-state index contributed by atoms with van der Waals surface area (Å²) in [5.41, 5.74) is 5.50. The van der Waals surface area contributed by atoms with Crippen LogP contribution in [0.1, 0.15) is 34.8 Å². The molecule has 0 saturated heterocycles. The molecule has 0 aliphatic carbocycles. The average molecular weight is 227 g/mol. The summed E-state index contributed by atoms with van der Waals surface area (Å²) >= 11 is 0. The molecule has 1 rings (SSSR count). The number of carbonyl (C=O) groups excluding carboxylic acids is 2. The third-order valence-electron chi connectivity index (χ3n) is 2.30. The van der Waals surface area contributed by atoms with Crippen LogP contribution in [0.3, 0.4) is 0 Å². The molecule has 0 atom stereocenters. The molecular formula is C12H9N3O2. The maximum absolute atomic E-state index is 11.6. The van der Waals surface area contributed by atoms with E-state index >= 15 is 0 Å². The Morgan fingerprint density at radius 2 is 1.94 bits per heavy atom. The molecule has 0 aromatic heterocycles. The molecule has 0 unspecified atom stereocenters. The maximum Gasteiger partial charge on any atom is 0.230 e. The summed E-state index contributed by atoms with van der Waals surface area (Å²) in [6.45, 7) is 1.56. The number of ketones is 2. The quantitative estimate of drug-likeness (QED) is 0.473. The van der Waals surface area contributed by atoms with Gasteiger partial charge < -0.3 is 5.73 Å². The largest absolute Gasteiger partial charge is 0.397 e. The van der Waals surface area contributed by atoms with E-state index in [0.29, 0.717) is 0 Å². The first-order valence-electron chi connectivity index (χ1n) is 4.87. The third kappa shape index (κ3) is 2.14. The van der Waals surface area contributed by atoms with Gasteiger partial charge in [-0.05, 0) is 12.1 Å². The summed E-state index contributed by atoms with van der Waals surface area (Å²) in [6, 6.07) is 6.16. The van der Waals surface area contributed by atoms with E-state index in [4.69, 9.17) is 16.3 Å². The minimum Gasteiger partial charge on any atom is -0.397 e. The van der Waals surface area contributed by atoms with Gasteiger partial charge in [-0.1, -0.05) is 6.92 Å². The van der Waals surface area contributed by atoms with Crippen molar-refractivity contribution in [3.05, 3.63) is 28.8 Å². The Morgan fingerprint density at radius 3 is 2.41 bits per heavy atom. The monoisotopic (exact) mass is 227 g/mol. The molecule has 5 nitrogen and oxygen atoms in total. The number of nitrogen functional groups attached to an aromatic ring is 1. The number of nitrogens with two attached hydrogens (primary N) is 1. The van der Waals surface area contributed by atoms with E-state index in [1.54, 1.807) is 19.1 Å². The zero-order valence-corrected chi connectivity index (χ0v) is 9.15. The lowest BCUT2D eigenvalue weighted by Gasteiger charge is -2.05. The van der Waals surface area contributed by atoms with E-state index in [1.165, 1.54) is 12.1 Å². The highest BCUT2D eigenvalue weighted by Crippen LogP contribution is 2.21. The van der Waals surface area contributed by atoms with Crippen molar-refractivity contribution in [2.75, 3.05) is 5.73 Å². The topological polar surface area (TPSA) is 108 Å². The molecule has 84 valence electrons. The third-order valence-corrected chi connectivity index (χ3v) is 2.30. The lowest BCUT2D eigenvalue weighted by atomic mass is 9.97. The molecule has 0 fully saturated rings. The first-order valence-corrected chi connectivity index (χ1v) is 4.87. The Kier molecular flexibility index (Phi) is 3.58. The van der Waals surface area contributed by atoms with Gasteiger partial charge in [0.15, 0.2) is 0 Å². The molecule has 0 spiro atoms. The van der Waals surface area contributed by atoms with Gasteiger partial charge in [-0.25, -0.2) is 0 Å². The minimum atomic E-state index is -0.731. The van der Waals surface area contributed by atoms with Gasteiger partial charge >= 0.3 is 0 Å². The van der Waals surface area contributed by atoms with Crippen molar-refractivity contribution in [1.29, 1.82) is 10.5 Å². The molecule has 0 amide bonds. The number of nitriles is 2. The highest BCUT2D eigenvalue weighted by atomic mass is 16.2. The zero-order chi connectivity index (χ0) is 13.0. The van der Waals surface area contributed by atoms with Gasteiger partial charge in [-0.15, -0.1) is 0 Å². The molecule has 0 radical (unpaired) electrons. The number of Topliss-reactive ketones (excluding diaryl/α,β-unsaturated/α-hetero) is 2. The van der Waals surface area contributed by atoms with Gasteiger partial charge in [0.05, 0.1) is 22.4 Å². The number of benzene rings is 1. The number of hydrogen-bond acceptors (Lipinski definition) is 5. The fraction of sp³-hybridized carbons (Fsp3) is 0.167. The van der Waals surface area contributed by atoms with Crippen molar-refractivity contribution in [2.45, 2.75) is 13.3 Å². The van der Waals surface area contributed by atoms with Crippen LogP contribution in [0.15, 0.2) is 12.1 Å². The molecule has 0 saturated carbocycles.